The quantitative estimate of drug-likeness (QED) is 0.0557. The Morgan fingerprint density at radius 3 is 0.792 bits per heavy atom. The maximum absolute atomic E-state index is 4.51. The highest BCUT2D eigenvalue weighted by atomic mass is 15.4. The average Bonchev–Trinajstić information content (AvgIpc) is 2.94. The van der Waals surface area contributed by atoms with Crippen molar-refractivity contribution in [2.24, 2.45) is 11.0 Å². The topological polar surface area (TPSA) is 15.6 Å². The van der Waals surface area contributed by atoms with Crippen molar-refractivity contribution in [1.29, 1.82) is 0 Å². The van der Waals surface area contributed by atoms with E-state index < -0.39 is 0 Å². The molecule has 0 saturated carbocycles. The molecule has 2 heteroatoms. The molecule has 1 atom stereocenters. The molecule has 0 rings (SSSR count). The predicted molar refractivity (Wildman–Crippen MR) is 245 cm³/mol. The van der Waals surface area contributed by atoms with Crippen molar-refractivity contribution >= 4 is 5.71 Å². The van der Waals surface area contributed by atoms with Crippen LogP contribution in [0.1, 0.15) is 282 Å². The highest BCUT2D eigenvalue weighted by Crippen LogP contribution is 2.16. The number of hydrazone groups is 1. The van der Waals surface area contributed by atoms with Gasteiger partial charge in [-0.25, -0.2) is 0 Å². The molecular formula is C46H116N2. The standard InChI is InChI=1S/C14H30N2.C10H22.2C7H16.8CH4/c1-6-8-9-10-11-12-14(7-2)13(3)15-16(4)5;1-3-5-7-9-10-8-6-4-2;2*1-3-5-7-6-4-2;;;;;;;;/h14H,6-12H2,1-5H3;3-10H2,1-2H3;2*3-7H2,1-2H3;8*1H4/b15-13+;;;;;;;;;;;. The van der Waals surface area contributed by atoms with Gasteiger partial charge < -0.3 is 5.01 Å². The number of rotatable bonds is 24. The van der Waals surface area contributed by atoms with Crippen LogP contribution in [0.2, 0.25) is 0 Å². The molecule has 0 aromatic carbocycles. The summed E-state index contributed by atoms with van der Waals surface area (Å²) in [6.45, 7) is 20.2. The number of hydrogen-bond donors (Lipinski definition) is 0. The van der Waals surface area contributed by atoms with E-state index in [9.17, 15) is 0 Å². The third-order valence-corrected chi connectivity index (χ3v) is 7.47. The van der Waals surface area contributed by atoms with Gasteiger partial charge in [-0.3, -0.25) is 0 Å². The summed E-state index contributed by atoms with van der Waals surface area (Å²) in [6.07, 6.45) is 34.9. The summed E-state index contributed by atoms with van der Waals surface area (Å²) in [5.41, 5.74) is 1.29. The Hall–Kier alpha value is -0.530. The van der Waals surface area contributed by atoms with Crippen LogP contribution in [0.4, 0.5) is 0 Å². The van der Waals surface area contributed by atoms with Crippen LogP contribution in [-0.2, 0) is 0 Å². The smallest absolute Gasteiger partial charge is 0.0380 e. The molecule has 0 heterocycles. The molecule has 0 aromatic rings. The summed E-state index contributed by atoms with van der Waals surface area (Å²) in [4.78, 5) is 0. The van der Waals surface area contributed by atoms with E-state index in [4.69, 9.17) is 0 Å². The SMILES string of the molecule is C.C.C.C.C.C.C.C.CCCCCCC.CCCCCCC.CCCCCCCC(CC)/C(C)=N/N(C)C.CCCCCCCCCC. The van der Waals surface area contributed by atoms with Crippen LogP contribution < -0.4 is 0 Å². The van der Waals surface area contributed by atoms with Crippen molar-refractivity contribution in [2.75, 3.05) is 14.1 Å². The van der Waals surface area contributed by atoms with Crippen LogP contribution in [0.3, 0.4) is 0 Å². The molecule has 0 amide bonds. The van der Waals surface area contributed by atoms with Gasteiger partial charge in [-0.15, -0.1) is 0 Å². The lowest BCUT2D eigenvalue weighted by molar-refractivity contribution is 0.426. The van der Waals surface area contributed by atoms with Crippen LogP contribution in [0.15, 0.2) is 5.10 Å². The molecule has 0 saturated heterocycles. The van der Waals surface area contributed by atoms with Gasteiger partial charge in [-0.2, -0.15) is 5.10 Å². The van der Waals surface area contributed by atoms with Crippen molar-refractivity contribution in [3.63, 3.8) is 0 Å². The molecule has 0 N–H and O–H groups in total. The Labute approximate surface area is 317 Å². The van der Waals surface area contributed by atoms with Gasteiger partial charge in [0.1, 0.15) is 0 Å². The third kappa shape index (κ3) is 90.8. The largest absolute Gasteiger partial charge is 0.303 e. The molecule has 1 unspecified atom stereocenters. The zero-order valence-electron chi connectivity index (χ0n) is 30.6. The van der Waals surface area contributed by atoms with Crippen LogP contribution in [-0.4, -0.2) is 24.8 Å². The Balaban J connectivity index is -0.0000000359. The van der Waals surface area contributed by atoms with Crippen molar-refractivity contribution < 1.29 is 0 Å². The molecular weight excluding hydrogens is 581 g/mol. The molecule has 48 heavy (non-hydrogen) atoms. The van der Waals surface area contributed by atoms with Gasteiger partial charge in [0.2, 0.25) is 0 Å². The molecule has 0 aliphatic carbocycles. The van der Waals surface area contributed by atoms with E-state index in [0.29, 0.717) is 5.92 Å². The van der Waals surface area contributed by atoms with Gasteiger partial charge in [-0.05, 0) is 25.7 Å². The van der Waals surface area contributed by atoms with E-state index in [1.165, 1.54) is 166 Å². The molecule has 310 valence electrons. The van der Waals surface area contributed by atoms with Crippen molar-refractivity contribution in [2.45, 2.75) is 282 Å². The third-order valence-electron chi connectivity index (χ3n) is 7.47. The van der Waals surface area contributed by atoms with E-state index in [2.05, 4.69) is 67.4 Å². The number of unbranched alkanes of at least 4 members (excludes halogenated alkanes) is 19. The Morgan fingerprint density at radius 1 is 0.375 bits per heavy atom. The molecule has 0 aliphatic rings. The predicted octanol–water partition coefficient (Wildman–Crippen LogP) is 19.5. The number of nitrogens with zero attached hydrogens (tertiary/aromatic N) is 2. The van der Waals surface area contributed by atoms with E-state index in [-0.39, 0.29) is 59.4 Å². The molecule has 0 aromatic heterocycles. The Kier molecular flexibility index (Phi) is 137. The van der Waals surface area contributed by atoms with Gasteiger partial charge >= 0.3 is 0 Å². The molecule has 0 bridgehead atoms. The van der Waals surface area contributed by atoms with Gasteiger partial charge in [-0.1, -0.05) is 262 Å². The minimum atomic E-state index is 0. The summed E-state index contributed by atoms with van der Waals surface area (Å²) < 4.78 is 0. The first-order chi connectivity index (χ1) is 19.4. The molecule has 0 radical (unpaired) electrons. The monoisotopic (exact) mass is 697 g/mol. The summed E-state index contributed by atoms with van der Waals surface area (Å²) >= 11 is 0. The summed E-state index contributed by atoms with van der Waals surface area (Å²) in [6, 6.07) is 0. The van der Waals surface area contributed by atoms with Gasteiger partial charge in [0.05, 0.1) is 0 Å². The normalized spacial score (nSPS) is 9.52. The second kappa shape index (κ2) is 80.9. The van der Waals surface area contributed by atoms with Crippen molar-refractivity contribution in [3.05, 3.63) is 0 Å². The van der Waals surface area contributed by atoms with E-state index in [1.807, 2.05) is 19.1 Å². The highest BCUT2D eigenvalue weighted by molar-refractivity contribution is 5.84. The maximum Gasteiger partial charge on any atom is 0.0380 e. The fourth-order valence-electron chi connectivity index (χ4n) is 4.66. The van der Waals surface area contributed by atoms with E-state index >= 15 is 0 Å². The molecule has 0 spiro atoms. The summed E-state index contributed by atoms with van der Waals surface area (Å²) in [7, 11) is 3.99. The van der Waals surface area contributed by atoms with Gasteiger partial charge in [0.15, 0.2) is 0 Å². The minimum Gasteiger partial charge on any atom is -0.303 e. The lowest BCUT2D eigenvalue weighted by atomic mass is 9.94. The first kappa shape index (κ1) is 81.5. The van der Waals surface area contributed by atoms with Crippen LogP contribution in [0, 0.1) is 5.92 Å². The van der Waals surface area contributed by atoms with Crippen molar-refractivity contribution in [3.8, 4) is 0 Å². The molecule has 0 aliphatic heterocycles. The fraction of sp³-hybridized carbons (Fsp3) is 0.978. The first-order valence-corrected chi connectivity index (χ1v) is 18.6. The van der Waals surface area contributed by atoms with Gasteiger partial charge in [0, 0.05) is 19.8 Å². The second-order valence-corrected chi connectivity index (χ2v) is 12.1. The number of hydrogen-bond acceptors (Lipinski definition) is 2. The second-order valence-electron chi connectivity index (χ2n) is 12.1. The van der Waals surface area contributed by atoms with Crippen LogP contribution >= 0.6 is 0 Å². The lowest BCUT2D eigenvalue weighted by Crippen LogP contribution is -2.15. The first-order valence-electron chi connectivity index (χ1n) is 18.6. The molecule has 0 fully saturated rings. The summed E-state index contributed by atoms with van der Waals surface area (Å²) in [5, 5.41) is 6.43. The van der Waals surface area contributed by atoms with Crippen LogP contribution in [0.5, 0.6) is 0 Å². The fourth-order valence-corrected chi connectivity index (χ4v) is 4.66. The summed E-state index contributed by atoms with van der Waals surface area (Å²) in [5.74, 6) is 0.684. The minimum absolute atomic E-state index is 0. The van der Waals surface area contributed by atoms with Crippen molar-refractivity contribution in [1.82, 2.24) is 5.01 Å². The Morgan fingerprint density at radius 2 is 0.583 bits per heavy atom. The average molecular weight is 697 g/mol. The Bertz CT molecular complexity index is 390. The zero-order valence-corrected chi connectivity index (χ0v) is 30.6. The highest BCUT2D eigenvalue weighted by Gasteiger charge is 2.09. The van der Waals surface area contributed by atoms with Crippen LogP contribution in [0.25, 0.3) is 0 Å². The van der Waals surface area contributed by atoms with E-state index in [1.54, 1.807) is 0 Å². The maximum atomic E-state index is 4.51. The van der Waals surface area contributed by atoms with Gasteiger partial charge in [0.25, 0.3) is 0 Å². The zero-order chi connectivity index (χ0) is 31.1. The lowest BCUT2D eigenvalue weighted by Gasteiger charge is -2.16. The molecule has 2 nitrogen and oxygen atoms in total. The van der Waals surface area contributed by atoms with E-state index in [0.717, 1.165) is 0 Å².